The van der Waals surface area contributed by atoms with Crippen LogP contribution in [0.2, 0.25) is 0 Å². The molecule has 0 aromatic rings. The summed E-state index contributed by atoms with van der Waals surface area (Å²) in [7, 11) is 3.86. The second kappa shape index (κ2) is 42.5. The SMILES string of the molecule is CCCCCCCCCCCCCCCCOC(=O)CCC(=O)OCCCCCCCCCCCCCCCC.CN(C)CCCC(=O)O. The van der Waals surface area contributed by atoms with Gasteiger partial charge in [0.2, 0.25) is 0 Å². The van der Waals surface area contributed by atoms with Gasteiger partial charge in [0.25, 0.3) is 0 Å². The Morgan fingerprint density at radius 1 is 0.408 bits per heavy atom. The predicted octanol–water partition coefficient (Wildman–Crippen LogP) is 12.2. The van der Waals surface area contributed by atoms with Crippen LogP contribution in [0.15, 0.2) is 0 Å². The molecule has 7 heteroatoms. The summed E-state index contributed by atoms with van der Waals surface area (Å²) in [5.41, 5.74) is 0. The highest BCUT2D eigenvalue weighted by Crippen LogP contribution is 2.14. The average Bonchev–Trinajstić information content (AvgIpc) is 3.07. The third kappa shape index (κ3) is 48.5. The second-order valence-corrected chi connectivity index (χ2v) is 14.4. The Labute approximate surface area is 304 Å². The molecule has 0 rings (SSSR count). The number of carbonyl (C=O) groups is 3. The Kier molecular flexibility index (Phi) is 43.0. The van der Waals surface area contributed by atoms with Crippen molar-refractivity contribution in [1.82, 2.24) is 4.90 Å². The topological polar surface area (TPSA) is 93.1 Å². The van der Waals surface area contributed by atoms with Crippen molar-refractivity contribution >= 4 is 17.9 Å². The van der Waals surface area contributed by atoms with Crippen molar-refractivity contribution in [2.75, 3.05) is 33.9 Å². The fourth-order valence-corrected chi connectivity index (χ4v) is 5.86. The van der Waals surface area contributed by atoms with Crippen LogP contribution in [-0.4, -0.2) is 61.8 Å². The summed E-state index contributed by atoms with van der Waals surface area (Å²) < 4.78 is 10.6. The third-order valence-corrected chi connectivity index (χ3v) is 9.05. The molecule has 49 heavy (non-hydrogen) atoms. The third-order valence-electron chi connectivity index (χ3n) is 9.05. The molecule has 0 heterocycles. The maximum Gasteiger partial charge on any atom is 0.306 e. The normalized spacial score (nSPS) is 11.0. The Morgan fingerprint density at radius 3 is 0.918 bits per heavy atom. The predicted molar refractivity (Wildman–Crippen MR) is 207 cm³/mol. The zero-order valence-corrected chi connectivity index (χ0v) is 33.2. The Balaban J connectivity index is 0. The minimum atomic E-state index is -0.711. The fourth-order valence-electron chi connectivity index (χ4n) is 5.86. The smallest absolute Gasteiger partial charge is 0.306 e. The van der Waals surface area contributed by atoms with Crippen molar-refractivity contribution in [1.29, 1.82) is 0 Å². The van der Waals surface area contributed by atoms with Crippen LogP contribution in [0.4, 0.5) is 0 Å². The molecule has 7 nitrogen and oxygen atoms in total. The molecule has 0 aromatic heterocycles. The molecular weight excluding hydrogens is 614 g/mol. The van der Waals surface area contributed by atoms with E-state index in [-0.39, 0.29) is 31.2 Å². The molecular formula is C42H83NO6. The summed E-state index contributed by atoms with van der Waals surface area (Å²) in [6.07, 6.45) is 38.1. The van der Waals surface area contributed by atoms with Crippen LogP contribution in [-0.2, 0) is 23.9 Å². The van der Waals surface area contributed by atoms with Gasteiger partial charge >= 0.3 is 17.9 Å². The summed E-state index contributed by atoms with van der Waals surface area (Å²) in [6.45, 7) is 6.35. The van der Waals surface area contributed by atoms with Crippen LogP contribution in [0.25, 0.3) is 0 Å². The maximum atomic E-state index is 11.9. The fraction of sp³-hybridized carbons (Fsp3) is 0.929. The van der Waals surface area contributed by atoms with Gasteiger partial charge in [0.1, 0.15) is 0 Å². The lowest BCUT2D eigenvalue weighted by molar-refractivity contribution is -0.150. The molecule has 0 unspecified atom stereocenters. The minimum Gasteiger partial charge on any atom is -0.481 e. The molecule has 0 spiro atoms. The van der Waals surface area contributed by atoms with E-state index in [9.17, 15) is 14.4 Å². The van der Waals surface area contributed by atoms with E-state index in [1.54, 1.807) is 0 Å². The number of ether oxygens (including phenoxy) is 2. The van der Waals surface area contributed by atoms with Crippen LogP contribution in [0.5, 0.6) is 0 Å². The van der Waals surface area contributed by atoms with Gasteiger partial charge in [0.05, 0.1) is 26.1 Å². The number of hydrogen-bond donors (Lipinski definition) is 1. The first-order valence-corrected chi connectivity index (χ1v) is 21.0. The van der Waals surface area contributed by atoms with Gasteiger partial charge in [-0.2, -0.15) is 0 Å². The van der Waals surface area contributed by atoms with Crippen molar-refractivity contribution in [3.05, 3.63) is 0 Å². The molecule has 0 saturated carbocycles. The van der Waals surface area contributed by atoms with E-state index < -0.39 is 5.97 Å². The first kappa shape index (κ1) is 49.5. The molecule has 0 aliphatic heterocycles. The summed E-state index contributed by atoms with van der Waals surface area (Å²) in [6, 6.07) is 0. The first-order chi connectivity index (χ1) is 23.8. The number of carbonyl (C=O) groups excluding carboxylic acids is 2. The van der Waals surface area contributed by atoms with Crippen LogP contribution < -0.4 is 0 Å². The van der Waals surface area contributed by atoms with Gasteiger partial charge in [0, 0.05) is 6.42 Å². The van der Waals surface area contributed by atoms with E-state index in [0.29, 0.717) is 13.2 Å². The second-order valence-electron chi connectivity index (χ2n) is 14.4. The van der Waals surface area contributed by atoms with Gasteiger partial charge in [-0.3, -0.25) is 14.4 Å². The van der Waals surface area contributed by atoms with Gasteiger partial charge in [-0.15, -0.1) is 0 Å². The lowest BCUT2D eigenvalue weighted by Gasteiger charge is -2.06. The molecule has 0 radical (unpaired) electrons. The monoisotopic (exact) mass is 698 g/mol. The van der Waals surface area contributed by atoms with Gasteiger partial charge in [-0.05, 0) is 39.9 Å². The zero-order chi connectivity index (χ0) is 36.5. The first-order valence-electron chi connectivity index (χ1n) is 21.0. The molecule has 0 aromatic carbocycles. The van der Waals surface area contributed by atoms with E-state index in [1.165, 1.54) is 154 Å². The van der Waals surface area contributed by atoms with Gasteiger partial charge in [-0.25, -0.2) is 0 Å². The van der Waals surface area contributed by atoms with Gasteiger partial charge in [0.15, 0.2) is 0 Å². The lowest BCUT2D eigenvalue weighted by Crippen LogP contribution is -2.13. The standard InChI is InChI=1S/C36H70O4.C6H13NO2/c1-3-5-7-9-11-13-15-17-19-21-23-25-27-29-33-39-35(37)31-32-36(38)40-34-30-28-26-24-22-20-18-16-14-12-10-8-6-4-2;1-7(2)5-3-4-6(8)9/h3-34H2,1-2H3;3-5H2,1-2H3,(H,8,9). The number of carboxylic acid groups (broad SMARTS) is 1. The number of esters is 2. The van der Waals surface area contributed by atoms with E-state index in [1.807, 2.05) is 19.0 Å². The number of nitrogens with zero attached hydrogens (tertiary/aromatic N) is 1. The maximum absolute atomic E-state index is 11.9. The highest BCUT2D eigenvalue weighted by Gasteiger charge is 2.09. The molecule has 0 aliphatic rings. The van der Waals surface area contributed by atoms with Crippen molar-refractivity contribution in [3.8, 4) is 0 Å². The summed E-state index contributed by atoms with van der Waals surface area (Å²) in [4.78, 5) is 35.7. The van der Waals surface area contributed by atoms with Crippen LogP contribution in [0.3, 0.4) is 0 Å². The molecule has 0 bridgehead atoms. The minimum absolute atomic E-state index is 0.135. The Hall–Kier alpha value is -1.63. The highest BCUT2D eigenvalue weighted by molar-refractivity contribution is 5.77. The van der Waals surface area contributed by atoms with Crippen LogP contribution in [0, 0.1) is 0 Å². The van der Waals surface area contributed by atoms with E-state index in [0.717, 1.165) is 38.6 Å². The van der Waals surface area contributed by atoms with E-state index in [4.69, 9.17) is 14.6 Å². The lowest BCUT2D eigenvalue weighted by atomic mass is 10.0. The highest BCUT2D eigenvalue weighted by atomic mass is 16.5. The summed E-state index contributed by atoms with van der Waals surface area (Å²) >= 11 is 0. The van der Waals surface area contributed by atoms with Gasteiger partial charge in [-0.1, -0.05) is 181 Å². The molecule has 0 fully saturated rings. The average molecular weight is 698 g/mol. The Morgan fingerprint density at radius 2 is 0.673 bits per heavy atom. The van der Waals surface area contributed by atoms with Crippen LogP contribution in [0.1, 0.15) is 219 Å². The zero-order valence-electron chi connectivity index (χ0n) is 33.2. The number of unbranched alkanes of at least 4 members (excludes halogenated alkanes) is 26. The van der Waals surface area contributed by atoms with E-state index >= 15 is 0 Å². The number of aliphatic carboxylic acids is 1. The number of rotatable bonds is 37. The molecule has 0 aliphatic carbocycles. The van der Waals surface area contributed by atoms with Crippen molar-refractivity contribution in [3.63, 3.8) is 0 Å². The summed E-state index contributed by atoms with van der Waals surface area (Å²) in [5, 5.41) is 8.21. The van der Waals surface area contributed by atoms with E-state index in [2.05, 4.69) is 13.8 Å². The largest absolute Gasteiger partial charge is 0.481 e. The van der Waals surface area contributed by atoms with Crippen molar-refractivity contribution < 1.29 is 29.0 Å². The quantitative estimate of drug-likeness (QED) is 0.0510. The van der Waals surface area contributed by atoms with Crippen molar-refractivity contribution in [2.45, 2.75) is 219 Å². The van der Waals surface area contributed by atoms with Crippen molar-refractivity contribution in [2.24, 2.45) is 0 Å². The Bertz CT molecular complexity index is 653. The number of carboxylic acids is 1. The molecule has 0 amide bonds. The van der Waals surface area contributed by atoms with Gasteiger partial charge < -0.3 is 19.5 Å². The molecule has 0 saturated heterocycles. The molecule has 1 N–H and O–H groups in total. The molecule has 292 valence electrons. The van der Waals surface area contributed by atoms with Crippen LogP contribution >= 0.6 is 0 Å². The molecule has 0 atom stereocenters. The summed E-state index contributed by atoms with van der Waals surface area (Å²) in [5.74, 6) is -1.26. The number of hydrogen-bond acceptors (Lipinski definition) is 6.